The van der Waals surface area contributed by atoms with Gasteiger partial charge in [-0.15, -0.1) is 24.8 Å². The fourth-order valence-corrected chi connectivity index (χ4v) is 1.53. The second-order valence-electron chi connectivity index (χ2n) is 4.37. The van der Waals surface area contributed by atoms with E-state index in [1.165, 1.54) is 0 Å². The van der Waals surface area contributed by atoms with Crippen LogP contribution >= 0.6 is 24.8 Å². The van der Waals surface area contributed by atoms with E-state index in [-0.39, 0.29) is 30.7 Å². The molecule has 1 aromatic rings. The molecule has 0 saturated heterocycles. The lowest BCUT2D eigenvalue weighted by molar-refractivity contribution is -0.120. The Hall–Kier alpha value is -0.840. The summed E-state index contributed by atoms with van der Waals surface area (Å²) >= 11 is 0. The van der Waals surface area contributed by atoms with Crippen LogP contribution in [0.5, 0.6) is 0 Å². The van der Waals surface area contributed by atoms with E-state index in [1.807, 2.05) is 19.9 Å². The second-order valence-corrected chi connectivity index (χ2v) is 4.37. The molecule has 1 rings (SSSR count). The van der Waals surface area contributed by atoms with Gasteiger partial charge in [-0.05, 0) is 31.9 Å². The maximum absolute atomic E-state index is 11.9. The third kappa shape index (κ3) is 5.67. The molecule has 1 amide bonds. The van der Waals surface area contributed by atoms with Crippen LogP contribution in [0, 0.1) is 6.92 Å². The van der Waals surface area contributed by atoms with Gasteiger partial charge in [0.05, 0.1) is 17.4 Å². The van der Waals surface area contributed by atoms with Crippen molar-refractivity contribution in [3.8, 4) is 0 Å². The molecule has 1 aromatic heterocycles. The fraction of sp³-hybridized carbons (Fsp3) is 0.500. The zero-order valence-electron chi connectivity index (χ0n) is 10.9. The van der Waals surface area contributed by atoms with Crippen molar-refractivity contribution in [2.75, 3.05) is 5.32 Å². The van der Waals surface area contributed by atoms with Gasteiger partial charge in [0.2, 0.25) is 5.91 Å². The SMILES string of the molecule is CCCC(C)(N)C(=O)Nc1cncc(C)c1.Cl.Cl. The lowest BCUT2D eigenvalue weighted by Gasteiger charge is -2.22. The van der Waals surface area contributed by atoms with Crippen LogP contribution in [0.25, 0.3) is 0 Å². The summed E-state index contributed by atoms with van der Waals surface area (Å²) in [5, 5.41) is 2.78. The Morgan fingerprint density at radius 3 is 2.56 bits per heavy atom. The summed E-state index contributed by atoms with van der Waals surface area (Å²) in [4.78, 5) is 15.9. The van der Waals surface area contributed by atoms with Gasteiger partial charge in [-0.2, -0.15) is 0 Å². The normalized spacial score (nSPS) is 12.7. The largest absolute Gasteiger partial charge is 0.323 e. The molecule has 0 aliphatic rings. The van der Waals surface area contributed by atoms with Gasteiger partial charge in [0, 0.05) is 6.20 Å². The minimum absolute atomic E-state index is 0. The number of rotatable bonds is 4. The highest BCUT2D eigenvalue weighted by molar-refractivity contribution is 5.97. The summed E-state index contributed by atoms with van der Waals surface area (Å²) in [6.45, 7) is 5.68. The number of hydrogen-bond acceptors (Lipinski definition) is 3. The molecule has 0 aliphatic heterocycles. The molecule has 0 fully saturated rings. The number of aryl methyl sites for hydroxylation is 1. The van der Waals surface area contributed by atoms with Gasteiger partial charge in [0.25, 0.3) is 0 Å². The maximum Gasteiger partial charge on any atom is 0.244 e. The number of nitrogens with one attached hydrogen (secondary N) is 1. The Labute approximate surface area is 121 Å². The monoisotopic (exact) mass is 293 g/mol. The van der Waals surface area contributed by atoms with Crippen LogP contribution in [0.3, 0.4) is 0 Å². The molecule has 0 aromatic carbocycles. The topological polar surface area (TPSA) is 68.0 Å². The van der Waals surface area contributed by atoms with Crippen LogP contribution in [0.15, 0.2) is 18.5 Å². The molecule has 1 atom stereocenters. The Balaban J connectivity index is 0. The van der Waals surface area contributed by atoms with Crippen molar-refractivity contribution in [2.24, 2.45) is 5.73 Å². The smallest absolute Gasteiger partial charge is 0.244 e. The molecule has 18 heavy (non-hydrogen) atoms. The molecular weight excluding hydrogens is 273 g/mol. The molecule has 3 N–H and O–H groups in total. The summed E-state index contributed by atoms with van der Waals surface area (Å²) in [7, 11) is 0. The first-order valence-electron chi connectivity index (χ1n) is 5.47. The molecule has 0 spiro atoms. The molecule has 0 aliphatic carbocycles. The van der Waals surface area contributed by atoms with E-state index < -0.39 is 5.54 Å². The molecule has 1 heterocycles. The number of carbonyl (C=O) groups is 1. The predicted molar refractivity (Wildman–Crippen MR) is 79.6 cm³/mol. The molecular formula is C12H21Cl2N3O. The minimum Gasteiger partial charge on any atom is -0.323 e. The van der Waals surface area contributed by atoms with Gasteiger partial charge < -0.3 is 11.1 Å². The highest BCUT2D eigenvalue weighted by Gasteiger charge is 2.27. The Bertz CT molecular complexity index is 383. The fourth-order valence-electron chi connectivity index (χ4n) is 1.53. The molecule has 4 nitrogen and oxygen atoms in total. The number of amides is 1. The van der Waals surface area contributed by atoms with Gasteiger partial charge in [0.15, 0.2) is 0 Å². The van der Waals surface area contributed by atoms with Crippen LogP contribution in [-0.2, 0) is 4.79 Å². The van der Waals surface area contributed by atoms with Crippen molar-refractivity contribution in [1.29, 1.82) is 0 Å². The summed E-state index contributed by atoms with van der Waals surface area (Å²) in [5.74, 6) is -0.165. The molecule has 0 radical (unpaired) electrons. The van der Waals surface area contributed by atoms with E-state index in [9.17, 15) is 4.79 Å². The van der Waals surface area contributed by atoms with Crippen molar-refractivity contribution < 1.29 is 4.79 Å². The number of carbonyl (C=O) groups excluding carboxylic acids is 1. The second kappa shape index (κ2) is 8.29. The Kier molecular flexibility index (Phi) is 8.99. The molecule has 104 valence electrons. The number of aromatic nitrogens is 1. The van der Waals surface area contributed by atoms with Gasteiger partial charge in [0.1, 0.15) is 0 Å². The van der Waals surface area contributed by atoms with Gasteiger partial charge in [-0.1, -0.05) is 13.3 Å². The average molecular weight is 294 g/mol. The maximum atomic E-state index is 11.9. The number of pyridine rings is 1. The number of nitrogens with two attached hydrogens (primary N) is 1. The van der Waals surface area contributed by atoms with Crippen LogP contribution in [0.2, 0.25) is 0 Å². The van der Waals surface area contributed by atoms with E-state index in [2.05, 4.69) is 10.3 Å². The lowest BCUT2D eigenvalue weighted by Crippen LogP contribution is -2.48. The van der Waals surface area contributed by atoms with Crippen LogP contribution in [0.1, 0.15) is 32.3 Å². The zero-order chi connectivity index (χ0) is 12.2. The standard InChI is InChI=1S/C12H19N3O.2ClH/c1-4-5-12(3,13)11(16)15-10-6-9(2)7-14-8-10;;/h6-8H,4-5,13H2,1-3H3,(H,15,16);2*1H. The van der Waals surface area contributed by atoms with Crippen molar-refractivity contribution in [3.05, 3.63) is 24.0 Å². The first-order valence-corrected chi connectivity index (χ1v) is 5.47. The Morgan fingerprint density at radius 1 is 1.44 bits per heavy atom. The van der Waals surface area contributed by atoms with Gasteiger partial charge in [-0.25, -0.2) is 0 Å². The van der Waals surface area contributed by atoms with Crippen molar-refractivity contribution in [1.82, 2.24) is 4.98 Å². The van der Waals surface area contributed by atoms with E-state index in [0.717, 1.165) is 12.0 Å². The number of anilines is 1. The third-order valence-electron chi connectivity index (χ3n) is 2.42. The van der Waals surface area contributed by atoms with Crippen molar-refractivity contribution in [2.45, 2.75) is 39.2 Å². The first-order chi connectivity index (χ1) is 7.45. The lowest BCUT2D eigenvalue weighted by atomic mass is 9.96. The number of nitrogens with zero attached hydrogens (tertiary/aromatic N) is 1. The first kappa shape index (κ1) is 19.5. The summed E-state index contributed by atoms with van der Waals surface area (Å²) in [5.41, 5.74) is 6.80. The van der Waals surface area contributed by atoms with Crippen molar-refractivity contribution in [3.63, 3.8) is 0 Å². The predicted octanol–water partition coefficient (Wildman–Crippen LogP) is 2.69. The van der Waals surface area contributed by atoms with E-state index in [4.69, 9.17) is 5.73 Å². The molecule has 6 heteroatoms. The van der Waals surface area contributed by atoms with Crippen LogP contribution < -0.4 is 11.1 Å². The molecule has 1 unspecified atom stereocenters. The van der Waals surface area contributed by atoms with E-state index >= 15 is 0 Å². The summed E-state index contributed by atoms with van der Waals surface area (Å²) in [6.07, 6.45) is 4.90. The molecule has 0 saturated carbocycles. The highest BCUT2D eigenvalue weighted by atomic mass is 35.5. The van der Waals surface area contributed by atoms with E-state index in [0.29, 0.717) is 12.1 Å². The highest BCUT2D eigenvalue weighted by Crippen LogP contribution is 2.13. The number of hydrogen-bond donors (Lipinski definition) is 2. The van der Waals surface area contributed by atoms with Crippen LogP contribution in [0.4, 0.5) is 5.69 Å². The van der Waals surface area contributed by atoms with Gasteiger partial charge in [-0.3, -0.25) is 9.78 Å². The number of halogens is 2. The average Bonchev–Trinajstić information content (AvgIpc) is 2.17. The van der Waals surface area contributed by atoms with Crippen molar-refractivity contribution >= 4 is 36.4 Å². The van der Waals surface area contributed by atoms with Crippen LogP contribution in [-0.4, -0.2) is 16.4 Å². The van der Waals surface area contributed by atoms with E-state index in [1.54, 1.807) is 19.3 Å². The third-order valence-corrected chi connectivity index (χ3v) is 2.42. The Morgan fingerprint density at radius 2 is 2.06 bits per heavy atom. The molecule has 0 bridgehead atoms. The quantitative estimate of drug-likeness (QED) is 0.897. The zero-order valence-corrected chi connectivity index (χ0v) is 12.5. The summed E-state index contributed by atoms with van der Waals surface area (Å²) in [6, 6.07) is 1.87. The minimum atomic E-state index is -0.821. The van der Waals surface area contributed by atoms with Gasteiger partial charge >= 0.3 is 0 Å². The summed E-state index contributed by atoms with van der Waals surface area (Å²) < 4.78 is 0.